The molecule has 2 aromatic rings. The number of hydrogen-bond acceptors (Lipinski definition) is 2. The van der Waals surface area contributed by atoms with Crippen molar-refractivity contribution in [1.82, 2.24) is 0 Å². The molecule has 3 heteroatoms. The second-order valence-electron chi connectivity index (χ2n) is 4.53. The van der Waals surface area contributed by atoms with Crippen LogP contribution in [-0.4, -0.2) is 8.42 Å². The maximum atomic E-state index is 12.5. The van der Waals surface area contributed by atoms with E-state index >= 15 is 0 Å². The van der Waals surface area contributed by atoms with Gasteiger partial charge in [-0.15, -0.1) is 0 Å². The summed E-state index contributed by atoms with van der Waals surface area (Å²) in [6.07, 6.45) is 0. The highest BCUT2D eigenvalue weighted by Gasteiger charge is 2.17. The summed E-state index contributed by atoms with van der Waals surface area (Å²) in [4.78, 5) is 0.654. The van der Waals surface area contributed by atoms with Gasteiger partial charge < -0.3 is 0 Å². The van der Waals surface area contributed by atoms with Gasteiger partial charge in [-0.1, -0.05) is 48.5 Å². The van der Waals surface area contributed by atoms with Crippen LogP contribution in [0.5, 0.6) is 0 Å². The molecule has 0 radical (unpaired) electrons. The van der Waals surface area contributed by atoms with Crippen molar-refractivity contribution in [2.24, 2.45) is 0 Å². The molecule has 0 saturated heterocycles. The minimum atomic E-state index is -3.45. The van der Waals surface area contributed by atoms with Gasteiger partial charge in [0, 0.05) is 0 Å². The average molecular weight is 272 g/mol. The summed E-state index contributed by atoms with van der Waals surface area (Å²) in [6, 6.07) is 14.1. The Balaban J connectivity index is 2.71. The third-order valence-electron chi connectivity index (χ3n) is 3.13. The van der Waals surface area contributed by atoms with Gasteiger partial charge in [0.25, 0.3) is 0 Å². The van der Waals surface area contributed by atoms with E-state index in [0.717, 1.165) is 10.8 Å². The monoisotopic (exact) mass is 272 g/mol. The lowest BCUT2D eigenvalue weighted by molar-refractivity contribution is 0.605. The lowest BCUT2D eigenvalue weighted by atomic mass is 10.2. The first-order valence-corrected chi connectivity index (χ1v) is 7.48. The van der Waals surface area contributed by atoms with Crippen LogP contribution in [0.4, 0.5) is 0 Å². The van der Waals surface area contributed by atoms with E-state index < -0.39 is 9.84 Å². The predicted molar refractivity (Wildman–Crippen MR) is 78.7 cm³/mol. The van der Waals surface area contributed by atoms with Crippen molar-refractivity contribution in [2.75, 3.05) is 0 Å². The van der Waals surface area contributed by atoms with Gasteiger partial charge in [0.15, 0.2) is 0 Å². The van der Waals surface area contributed by atoms with Crippen molar-refractivity contribution < 1.29 is 8.42 Å². The molecule has 0 aliphatic rings. The summed E-state index contributed by atoms with van der Waals surface area (Å²) in [5.74, 6) is 0. The van der Waals surface area contributed by atoms with E-state index in [-0.39, 0.29) is 0 Å². The molecule has 0 aliphatic carbocycles. The summed E-state index contributed by atoms with van der Waals surface area (Å²) >= 11 is 0. The summed E-state index contributed by atoms with van der Waals surface area (Å²) in [6.45, 7) is 7.43. The quantitative estimate of drug-likeness (QED) is 0.838. The molecule has 0 unspecified atom stereocenters. The number of hydrogen-bond donors (Lipinski definition) is 0. The lowest BCUT2D eigenvalue weighted by Crippen LogP contribution is -2.27. The highest BCUT2D eigenvalue weighted by atomic mass is 32.2. The van der Waals surface area contributed by atoms with E-state index in [1.807, 2.05) is 25.1 Å². The molecule has 0 atom stereocenters. The second-order valence-corrected chi connectivity index (χ2v) is 6.62. The fraction of sp³-hybridized carbons (Fsp3) is 0.125. The van der Waals surface area contributed by atoms with Crippen molar-refractivity contribution in [1.29, 1.82) is 0 Å². The van der Waals surface area contributed by atoms with E-state index in [2.05, 4.69) is 6.58 Å². The molecular formula is C16H16O2S. The molecule has 0 aliphatic heterocycles. The van der Waals surface area contributed by atoms with E-state index in [4.69, 9.17) is 0 Å². The molecule has 0 heterocycles. The Morgan fingerprint density at radius 3 is 2.16 bits per heavy atom. The summed E-state index contributed by atoms with van der Waals surface area (Å²) in [5.41, 5.74) is 1.04. The highest BCUT2D eigenvalue weighted by Crippen LogP contribution is 2.18. The van der Waals surface area contributed by atoms with Crippen molar-refractivity contribution in [3.05, 3.63) is 64.5 Å². The van der Waals surface area contributed by atoms with Crippen LogP contribution < -0.4 is 10.4 Å². The number of sulfone groups is 1. The average Bonchev–Trinajstić information content (AvgIpc) is 2.39. The van der Waals surface area contributed by atoms with E-state index in [0.29, 0.717) is 15.0 Å². The number of benzene rings is 2. The second kappa shape index (κ2) is 5.02. The van der Waals surface area contributed by atoms with Gasteiger partial charge in [-0.3, -0.25) is 0 Å². The number of aryl methyl sites for hydroxylation is 1. The van der Waals surface area contributed by atoms with Crippen molar-refractivity contribution in [3.63, 3.8) is 0 Å². The van der Waals surface area contributed by atoms with Crippen LogP contribution in [0.15, 0.2) is 53.4 Å². The zero-order chi connectivity index (χ0) is 14.0. The van der Waals surface area contributed by atoms with Gasteiger partial charge in [-0.2, -0.15) is 0 Å². The van der Waals surface area contributed by atoms with Crippen LogP contribution in [-0.2, 0) is 9.84 Å². The Hall–Kier alpha value is -1.87. The fourth-order valence-electron chi connectivity index (χ4n) is 1.90. The summed E-state index contributed by atoms with van der Waals surface area (Å²) in [7, 11) is -3.45. The van der Waals surface area contributed by atoms with Crippen molar-refractivity contribution in [3.8, 4) is 0 Å². The minimum Gasteiger partial charge on any atom is -0.219 e. The van der Waals surface area contributed by atoms with Crippen LogP contribution in [0.25, 0.3) is 11.5 Å². The van der Waals surface area contributed by atoms with Gasteiger partial charge in [0.05, 0.1) is 9.80 Å². The Morgan fingerprint density at radius 2 is 1.58 bits per heavy atom. The van der Waals surface area contributed by atoms with Gasteiger partial charge in [-0.05, 0) is 36.4 Å². The minimum absolute atomic E-state index is 0.318. The number of rotatable bonds is 2. The summed E-state index contributed by atoms with van der Waals surface area (Å²) in [5, 5.41) is 1.39. The largest absolute Gasteiger partial charge is 0.219 e. The standard InChI is InChI=1S/C16H16O2S/c1-12-8-10-15(11-9-12)19(17,18)14(3)16-7-5-4-6-13(16)2/h4-11H,2H2,1,3H3/b16-14+. The Morgan fingerprint density at radius 1 is 1.00 bits per heavy atom. The van der Waals surface area contributed by atoms with Gasteiger partial charge in [-0.25, -0.2) is 8.42 Å². The van der Waals surface area contributed by atoms with Crippen LogP contribution in [0.2, 0.25) is 0 Å². The molecule has 2 rings (SSSR count). The SMILES string of the molecule is C=c1cccc/c1=C(/C)S(=O)(=O)c1ccc(C)cc1. The van der Waals surface area contributed by atoms with Crippen molar-refractivity contribution >= 4 is 21.3 Å². The highest BCUT2D eigenvalue weighted by molar-refractivity contribution is 8.00. The molecule has 0 amide bonds. The molecule has 19 heavy (non-hydrogen) atoms. The van der Waals surface area contributed by atoms with E-state index in [1.54, 1.807) is 37.3 Å². The molecule has 0 aromatic heterocycles. The lowest BCUT2D eigenvalue weighted by Gasteiger charge is -2.05. The molecule has 0 spiro atoms. The van der Waals surface area contributed by atoms with Gasteiger partial charge >= 0.3 is 0 Å². The fourth-order valence-corrected chi connectivity index (χ4v) is 3.24. The van der Waals surface area contributed by atoms with E-state index in [9.17, 15) is 8.42 Å². The van der Waals surface area contributed by atoms with Crippen LogP contribution in [0.3, 0.4) is 0 Å². The van der Waals surface area contributed by atoms with Gasteiger partial charge in [0.1, 0.15) is 0 Å². The molecule has 98 valence electrons. The topological polar surface area (TPSA) is 34.1 Å². The van der Waals surface area contributed by atoms with Gasteiger partial charge in [0.2, 0.25) is 9.84 Å². The molecule has 0 N–H and O–H groups in total. The maximum absolute atomic E-state index is 12.5. The molecule has 2 nitrogen and oxygen atoms in total. The molecular weight excluding hydrogens is 256 g/mol. The van der Waals surface area contributed by atoms with Crippen LogP contribution in [0.1, 0.15) is 12.5 Å². The molecule has 0 fully saturated rings. The first-order valence-electron chi connectivity index (χ1n) is 5.99. The zero-order valence-corrected chi connectivity index (χ0v) is 11.9. The van der Waals surface area contributed by atoms with Crippen LogP contribution >= 0.6 is 0 Å². The maximum Gasteiger partial charge on any atom is 0.203 e. The molecule has 0 saturated carbocycles. The first-order chi connectivity index (χ1) is 8.93. The molecule has 2 aromatic carbocycles. The Labute approximate surface area is 113 Å². The molecule has 0 bridgehead atoms. The summed E-state index contributed by atoms with van der Waals surface area (Å²) < 4.78 is 25.1. The van der Waals surface area contributed by atoms with E-state index in [1.165, 1.54) is 0 Å². The smallest absolute Gasteiger partial charge is 0.203 e. The Bertz CT molecular complexity index is 801. The zero-order valence-electron chi connectivity index (χ0n) is 11.1. The Kier molecular flexibility index (Phi) is 3.58. The first kappa shape index (κ1) is 13.6. The third kappa shape index (κ3) is 2.61. The normalized spacial score (nSPS) is 13.2. The van der Waals surface area contributed by atoms with Crippen LogP contribution in [0, 0.1) is 6.92 Å². The third-order valence-corrected chi connectivity index (χ3v) is 5.05. The van der Waals surface area contributed by atoms with Crippen molar-refractivity contribution in [2.45, 2.75) is 18.7 Å². The predicted octanol–water partition coefficient (Wildman–Crippen LogP) is 2.01.